The zero-order chi connectivity index (χ0) is 15.1. The minimum atomic E-state index is -3.36. The molecule has 1 aromatic rings. The number of nitrogens with one attached hydrogen (secondary N) is 1. The summed E-state index contributed by atoms with van der Waals surface area (Å²) in [5, 5.41) is 12.4. The molecule has 1 aromatic heterocycles. The number of aryl methyl sites for hydroxylation is 1. The van der Waals surface area contributed by atoms with Crippen LogP contribution in [0, 0.1) is 0 Å². The predicted molar refractivity (Wildman–Crippen MR) is 81.4 cm³/mol. The van der Waals surface area contributed by atoms with Crippen molar-refractivity contribution in [3.8, 4) is 0 Å². The molecule has 0 radical (unpaired) electrons. The second-order valence-electron chi connectivity index (χ2n) is 5.30. The molecular formula is C14H23N3O3S. The first-order valence-corrected chi connectivity index (χ1v) is 8.94. The lowest BCUT2D eigenvalue weighted by atomic mass is 10.2. The minimum Gasteiger partial charge on any atom is -0.395 e. The van der Waals surface area contributed by atoms with Crippen molar-refractivity contribution in [3.05, 3.63) is 30.1 Å². The number of pyridine rings is 1. The third-order valence-electron chi connectivity index (χ3n) is 3.73. The Morgan fingerprint density at radius 2 is 2.14 bits per heavy atom. The van der Waals surface area contributed by atoms with Crippen LogP contribution in [0.5, 0.6) is 0 Å². The molecule has 0 aromatic carbocycles. The van der Waals surface area contributed by atoms with Crippen molar-refractivity contribution in [2.75, 3.05) is 32.0 Å². The lowest BCUT2D eigenvalue weighted by Gasteiger charge is -2.24. The van der Waals surface area contributed by atoms with Gasteiger partial charge in [0.1, 0.15) is 0 Å². The Hall–Kier alpha value is -1.02. The minimum absolute atomic E-state index is 0.0593. The summed E-state index contributed by atoms with van der Waals surface area (Å²) in [5.41, 5.74) is 0.955. The third kappa shape index (κ3) is 5.03. The van der Waals surface area contributed by atoms with E-state index >= 15 is 0 Å². The van der Waals surface area contributed by atoms with Crippen LogP contribution >= 0.6 is 0 Å². The molecule has 0 amide bonds. The predicted octanol–water partition coefficient (Wildman–Crippen LogP) is 0.000200. The van der Waals surface area contributed by atoms with E-state index in [1.54, 1.807) is 12.4 Å². The van der Waals surface area contributed by atoms with Gasteiger partial charge in [-0.1, -0.05) is 0 Å². The normalized spacial score (nSPS) is 19.2. The summed E-state index contributed by atoms with van der Waals surface area (Å²) >= 11 is 0. The molecule has 2 heterocycles. The molecule has 1 atom stereocenters. The summed E-state index contributed by atoms with van der Waals surface area (Å²) < 4.78 is 26.3. The molecular weight excluding hydrogens is 290 g/mol. The maximum absolute atomic E-state index is 12.5. The summed E-state index contributed by atoms with van der Waals surface area (Å²) in [4.78, 5) is 3.92. The molecule has 0 bridgehead atoms. The number of aliphatic hydroxyl groups is 1. The zero-order valence-corrected chi connectivity index (χ0v) is 12.9. The number of hydrogen-bond donors (Lipinski definition) is 2. The van der Waals surface area contributed by atoms with Crippen molar-refractivity contribution in [1.29, 1.82) is 0 Å². The summed E-state index contributed by atoms with van der Waals surface area (Å²) in [6.07, 6.45) is 5.85. The third-order valence-corrected chi connectivity index (χ3v) is 5.57. The van der Waals surface area contributed by atoms with Gasteiger partial charge in [0.2, 0.25) is 10.0 Å². The molecule has 2 N–H and O–H groups in total. The fourth-order valence-corrected chi connectivity index (χ4v) is 4.06. The summed E-state index contributed by atoms with van der Waals surface area (Å²) in [6, 6.07) is 3.85. The Morgan fingerprint density at radius 3 is 2.76 bits per heavy atom. The maximum atomic E-state index is 12.5. The van der Waals surface area contributed by atoms with Gasteiger partial charge in [-0.15, -0.1) is 0 Å². The molecule has 1 saturated heterocycles. The largest absolute Gasteiger partial charge is 0.395 e. The highest BCUT2D eigenvalue weighted by Gasteiger charge is 2.26. The van der Waals surface area contributed by atoms with Crippen molar-refractivity contribution in [1.82, 2.24) is 14.6 Å². The Kier molecular flexibility index (Phi) is 6.10. The SMILES string of the molecule is O=S(=O)(CCc1ccncc1)N(CCO)CC1CCCN1. The Balaban J connectivity index is 1.95. The Bertz CT molecular complexity index is 516. The van der Waals surface area contributed by atoms with E-state index in [2.05, 4.69) is 10.3 Å². The smallest absolute Gasteiger partial charge is 0.214 e. The van der Waals surface area contributed by atoms with Crippen molar-refractivity contribution < 1.29 is 13.5 Å². The van der Waals surface area contributed by atoms with Gasteiger partial charge in [-0.3, -0.25) is 4.98 Å². The van der Waals surface area contributed by atoms with Gasteiger partial charge in [-0.2, -0.15) is 4.31 Å². The van der Waals surface area contributed by atoms with Crippen LogP contribution in [0.1, 0.15) is 18.4 Å². The highest BCUT2D eigenvalue weighted by Crippen LogP contribution is 2.11. The van der Waals surface area contributed by atoms with Crippen LogP contribution in [0.15, 0.2) is 24.5 Å². The highest BCUT2D eigenvalue weighted by atomic mass is 32.2. The van der Waals surface area contributed by atoms with Crippen LogP contribution in [0.4, 0.5) is 0 Å². The number of nitrogens with zero attached hydrogens (tertiary/aromatic N) is 2. The fourth-order valence-electron chi connectivity index (χ4n) is 2.54. The van der Waals surface area contributed by atoms with Gasteiger partial charge in [0.15, 0.2) is 0 Å². The average molecular weight is 313 g/mol. The number of aromatic nitrogens is 1. The molecule has 0 aliphatic carbocycles. The number of rotatable bonds is 8. The van der Waals surface area contributed by atoms with E-state index in [-0.39, 0.29) is 24.9 Å². The second-order valence-corrected chi connectivity index (χ2v) is 7.38. The highest BCUT2D eigenvalue weighted by molar-refractivity contribution is 7.89. The van der Waals surface area contributed by atoms with E-state index < -0.39 is 10.0 Å². The lowest BCUT2D eigenvalue weighted by molar-refractivity contribution is 0.246. The summed E-state index contributed by atoms with van der Waals surface area (Å²) in [5.74, 6) is 0.0593. The topological polar surface area (TPSA) is 82.5 Å². The monoisotopic (exact) mass is 313 g/mol. The van der Waals surface area contributed by atoms with Crippen LogP contribution in [0.3, 0.4) is 0 Å². The maximum Gasteiger partial charge on any atom is 0.214 e. The van der Waals surface area contributed by atoms with Crippen LogP contribution < -0.4 is 5.32 Å². The van der Waals surface area contributed by atoms with Crippen molar-refractivity contribution in [2.45, 2.75) is 25.3 Å². The van der Waals surface area contributed by atoms with Crippen LogP contribution in [-0.2, 0) is 16.4 Å². The van der Waals surface area contributed by atoms with Gasteiger partial charge in [-0.05, 0) is 43.5 Å². The molecule has 0 saturated carbocycles. The molecule has 118 valence electrons. The molecule has 2 rings (SSSR count). The van der Waals surface area contributed by atoms with Crippen LogP contribution in [-0.4, -0.2) is 60.8 Å². The number of sulfonamides is 1. The molecule has 1 aliphatic rings. The summed E-state index contributed by atoms with van der Waals surface area (Å²) in [6.45, 7) is 1.39. The first-order valence-electron chi connectivity index (χ1n) is 7.33. The average Bonchev–Trinajstić information content (AvgIpc) is 2.99. The molecule has 21 heavy (non-hydrogen) atoms. The molecule has 7 heteroatoms. The van der Waals surface area contributed by atoms with E-state index in [1.807, 2.05) is 12.1 Å². The zero-order valence-electron chi connectivity index (χ0n) is 12.1. The van der Waals surface area contributed by atoms with E-state index in [1.165, 1.54) is 4.31 Å². The van der Waals surface area contributed by atoms with Gasteiger partial charge >= 0.3 is 0 Å². The first-order chi connectivity index (χ1) is 10.1. The first kappa shape index (κ1) is 16.4. The van der Waals surface area contributed by atoms with E-state index in [0.717, 1.165) is 24.9 Å². The molecule has 1 fully saturated rings. The van der Waals surface area contributed by atoms with Crippen LogP contribution in [0.2, 0.25) is 0 Å². The quantitative estimate of drug-likeness (QED) is 0.706. The lowest BCUT2D eigenvalue weighted by Crippen LogP contribution is -2.43. The van der Waals surface area contributed by atoms with Crippen molar-refractivity contribution in [2.24, 2.45) is 0 Å². The Morgan fingerprint density at radius 1 is 1.38 bits per heavy atom. The molecule has 1 unspecified atom stereocenters. The van der Waals surface area contributed by atoms with Gasteiger partial charge < -0.3 is 10.4 Å². The molecule has 1 aliphatic heterocycles. The molecule has 6 nitrogen and oxygen atoms in total. The van der Waals surface area contributed by atoms with Gasteiger partial charge in [-0.25, -0.2) is 8.42 Å². The van der Waals surface area contributed by atoms with E-state index in [4.69, 9.17) is 5.11 Å². The van der Waals surface area contributed by atoms with Crippen molar-refractivity contribution >= 4 is 10.0 Å². The van der Waals surface area contributed by atoms with Crippen LogP contribution in [0.25, 0.3) is 0 Å². The fraction of sp³-hybridized carbons (Fsp3) is 0.643. The standard InChI is InChI=1S/C14H23N3O3S/c18-10-9-17(12-14-2-1-6-16-14)21(19,20)11-5-13-3-7-15-8-4-13/h3-4,7-8,14,16,18H,1-2,5-6,9-12H2. The van der Waals surface area contributed by atoms with E-state index in [0.29, 0.717) is 13.0 Å². The Labute approximate surface area is 126 Å². The van der Waals surface area contributed by atoms with Gasteiger partial charge in [0.05, 0.1) is 12.4 Å². The van der Waals surface area contributed by atoms with Gasteiger partial charge in [0, 0.05) is 31.5 Å². The second kappa shape index (κ2) is 7.84. The van der Waals surface area contributed by atoms with Gasteiger partial charge in [0.25, 0.3) is 0 Å². The summed E-state index contributed by atoms with van der Waals surface area (Å²) in [7, 11) is -3.36. The number of aliphatic hydroxyl groups excluding tert-OH is 1. The molecule has 0 spiro atoms. The van der Waals surface area contributed by atoms with E-state index in [9.17, 15) is 8.42 Å². The van der Waals surface area contributed by atoms with Crippen molar-refractivity contribution in [3.63, 3.8) is 0 Å². The number of hydrogen-bond acceptors (Lipinski definition) is 5.